The third-order valence-electron chi connectivity index (χ3n) is 5.18. The molecule has 0 spiro atoms. The van der Waals surface area contributed by atoms with Crippen molar-refractivity contribution in [3.05, 3.63) is 48.2 Å². The molecule has 0 aliphatic rings. The second-order valence-corrected chi connectivity index (χ2v) is 7.82. The van der Waals surface area contributed by atoms with E-state index in [1.807, 2.05) is 0 Å². The molecule has 0 saturated carbocycles. The van der Waals surface area contributed by atoms with Crippen molar-refractivity contribution < 1.29 is 4.48 Å². The summed E-state index contributed by atoms with van der Waals surface area (Å²) in [6.45, 7) is 7.85. The van der Waals surface area contributed by atoms with Crippen LogP contribution in [0, 0.1) is 0 Å². The Morgan fingerprint density at radius 2 is 1.29 bits per heavy atom. The van der Waals surface area contributed by atoms with Crippen LogP contribution in [0.1, 0.15) is 76.7 Å². The molecule has 0 heterocycles. The Morgan fingerprint density at radius 1 is 0.792 bits per heavy atom. The van der Waals surface area contributed by atoms with E-state index in [2.05, 4.69) is 57.9 Å². The van der Waals surface area contributed by atoms with Gasteiger partial charge in [0.2, 0.25) is 0 Å². The van der Waals surface area contributed by atoms with Crippen LogP contribution in [0.2, 0.25) is 0 Å². The van der Waals surface area contributed by atoms with E-state index in [1.165, 1.54) is 82.0 Å². The molecular formula is C23H40N+. The lowest BCUT2D eigenvalue weighted by Crippen LogP contribution is -2.39. The molecule has 24 heavy (non-hydrogen) atoms. The molecule has 1 aromatic rings. The third kappa shape index (κ3) is 9.27. The summed E-state index contributed by atoms with van der Waals surface area (Å²) in [5, 5.41) is 0. The zero-order chi connectivity index (χ0) is 17.7. The lowest BCUT2D eigenvalue weighted by atomic mass is 10.1. The molecule has 0 aliphatic carbocycles. The van der Waals surface area contributed by atoms with Gasteiger partial charge in [-0.2, -0.15) is 0 Å². The molecule has 0 radical (unpaired) electrons. The number of hydrogen-bond donors (Lipinski definition) is 0. The van der Waals surface area contributed by atoms with Gasteiger partial charge in [0.1, 0.15) is 5.70 Å². The van der Waals surface area contributed by atoms with Gasteiger partial charge in [-0.3, -0.25) is 4.48 Å². The number of nitrogens with zero attached hydrogens (tertiary/aromatic N) is 1. The van der Waals surface area contributed by atoms with Crippen molar-refractivity contribution >= 4 is 0 Å². The summed E-state index contributed by atoms with van der Waals surface area (Å²) in [5.41, 5.74) is 2.69. The van der Waals surface area contributed by atoms with Gasteiger partial charge in [0, 0.05) is 6.42 Å². The zero-order valence-corrected chi connectivity index (χ0v) is 16.5. The topological polar surface area (TPSA) is 0 Å². The summed E-state index contributed by atoms with van der Waals surface area (Å²) in [7, 11) is 4.61. The smallest absolute Gasteiger partial charge is 0.105 e. The van der Waals surface area contributed by atoms with Gasteiger partial charge in [-0.25, -0.2) is 0 Å². The van der Waals surface area contributed by atoms with Crippen LogP contribution >= 0.6 is 0 Å². The van der Waals surface area contributed by atoms with Crippen molar-refractivity contribution in [2.24, 2.45) is 0 Å². The van der Waals surface area contributed by atoms with Gasteiger partial charge in [0.15, 0.2) is 0 Å². The van der Waals surface area contributed by atoms with Crippen LogP contribution in [0.25, 0.3) is 0 Å². The minimum atomic E-state index is 0.950. The van der Waals surface area contributed by atoms with E-state index in [9.17, 15) is 0 Å². The highest BCUT2D eigenvalue weighted by molar-refractivity contribution is 5.18. The first kappa shape index (κ1) is 21.0. The number of quaternary nitrogens is 1. The summed E-state index contributed by atoms with van der Waals surface area (Å²) in [6, 6.07) is 10.7. The number of likely N-dealkylation sites (N-methyl/N-ethyl adjacent to an activating group) is 1. The Hall–Kier alpha value is -1.08. The monoisotopic (exact) mass is 330 g/mol. The predicted octanol–water partition coefficient (Wildman–Crippen LogP) is 6.74. The largest absolute Gasteiger partial charge is 0.300 e. The summed E-state index contributed by atoms with van der Waals surface area (Å²) in [4.78, 5) is 0. The van der Waals surface area contributed by atoms with Crippen molar-refractivity contribution in [1.82, 2.24) is 0 Å². The molecule has 0 bridgehead atoms. The molecule has 136 valence electrons. The predicted molar refractivity (Wildman–Crippen MR) is 108 cm³/mol. The Labute approximate surface area is 151 Å². The van der Waals surface area contributed by atoms with Crippen LogP contribution in [0.3, 0.4) is 0 Å². The molecule has 0 aromatic heterocycles. The van der Waals surface area contributed by atoms with Gasteiger partial charge < -0.3 is 0 Å². The summed E-state index contributed by atoms with van der Waals surface area (Å²) in [5.74, 6) is 0. The van der Waals surface area contributed by atoms with Gasteiger partial charge in [-0.15, -0.1) is 0 Å². The molecule has 0 aliphatic heterocycles. The first-order valence-electron chi connectivity index (χ1n) is 10.1. The standard InChI is InChI=1S/C23H40N/c1-5-6-7-8-9-10-11-12-13-17-20-24(3,4)22(2)21-23-18-15-14-16-19-23/h14-16,18-19H,2,5-13,17,20-21H2,1,3-4H3/q+1. The molecule has 1 heteroatoms. The first-order valence-corrected chi connectivity index (χ1v) is 10.1. The zero-order valence-electron chi connectivity index (χ0n) is 16.5. The Bertz CT molecular complexity index is 433. The van der Waals surface area contributed by atoms with Gasteiger partial charge in [0.05, 0.1) is 20.6 Å². The molecule has 1 aromatic carbocycles. The fourth-order valence-electron chi connectivity index (χ4n) is 3.20. The summed E-state index contributed by atoms with van der Waals surface area (Å²) < 4.78 is 0.950. The Kier molecular flexibility index (Phi) is 10.7. The van der Waals surface area contributed by atoms with Crippen molar-refractivity contribution in [3.63, 3.8) is 0 Å². The van der Waals surface area contributed by atoms with E-state index >= 15 is 0 Å². The number of benzene rings is 1. The maximum atomic E-state index is 4.36. The maximum Gasteiger partial charge on any atom is 0.105 e. The molecule has 0 amide bonds. The second-order valence-electron chi connectivity index (χ2n) is 7.82. The Balaban J connectivity index is 2.09. The molecule has 1 rings (SSSR count). The minimum absolute atomic E-state index is 0.950. The van der Waals surface area contributed by atoms with Crippen LogP contribution in [0.5, 0.6) is 0 Å². The van der Waals surface area contributed by atoms with Gasteiger partial charge in [-0.1, -0.05) is 88.6 Å². The molecule has 0 atom stereocenters. The highest BCUT2D eigenvalue weighted by atomic mass is 15.3. The van der Waals surface area contributed by atoms with Gasteiger partial charge >= 0.3 is 0 Å². The van der Waals surface area contributed by atoms with Crippen molar-refractivity contribution in [3.8, 4) is 0 Å². The third-order valence-corrected chi connectivity index (χ3v) is 5.18. The highest BCUT2D eigenvalue weighted by Crippen LogP contribution is 2.18. The SMILES string of the molecule is C=C(Cc1ccccc1)[N+](C)(C)CCCCCCCCCCCC. The fraction of sp³-hybridized carbons (Fsp3) is 0.652. The lowest BCUT2D eigenvalue weighted by molar-refractivity contribution is -0.853. The first-order chi connectivity index (χ1) is 11.6. The number of rotatable bonds is 14. The molecule has 0 N–H and O–H groups in total. The minimum Gasteiger partial charge on any atom is -0.300 e. The quantitative estimate of drug-likeness (QED) is 0.262. The molecule has 0 fully saturated rings. The van der Waals surface area contributed by atoms with E-state index in [0.29, 0.717) is 0 Å². The average Bonchev–Trinajstić information content (AvgIpc) is 2.57. The summed E-state index contributed by atoms with van der Waals surface area (Å²) >= 11 is 0. The van der Waals surface area contributed by atoms with E-state index in [1.54, 1.807) is 0 Å². The number of allylic oxidation sites excluding steroid dienone is 1. The van der Waals surface area contributed by atoms with Crippen molar-refractivity contribution in [2.45, 2.75) is 77.6 Å². The summed E-state index contributed by atoms with van der Waals surface area (Å²) in [6.07, 6.45) is 15.0. The van der Waals surface area contributed by atoms with E-state index < -0.39 is 0 Å². The van der Waals surface area contributed by atoms with E-state index in [4.69, 9.17) is 0 Å². The average molecular weight is 331 g/mol. The number of unbranched alkanes of at least 4 members (excludes halogenated alkanes) is 9. The maximum absolute atomic E-state index is 4.36. The molecule has 1 nitrogen and oxygen atoms in total. The van der Waals surface area contributed by atoms with Crippen LogP contribution in [0.15, 0.2) is 42.6 Å². The van der Waals surface area contributed by atoms with Crippen LogP contribution in [-0.4, -0.2) is 25.1 Å². The normalized spacial score (nSPS) is 11.6. The van der Waals surface area contributed by atoms with Crippen LogP contribution < -0.4 is 0 Å². The van der Waals surface area contributed by atoms with Gasteiger partial charge in [-0.05, 0) is 25.0 Å². The Morgan fingerprint density at radius 3 is 1.83 bits per heavy atom. The van der Waals surface area contributed by atoms with Crippen LogP contribution in [-0.2, 0) is 6.42 Å². The molecule has 0 unspecified atom stereocenters. The second kappa shape index (κ2) is 12.3. The lowest BCUT2D eigenvalue weighted by Gasteiger charge is -2.31. The van der Waals surface area contributed by atoms with Gasteiger partial charge in [0.25, 0.3) is 0 Å². The highest BCUT2D eigenvalue weighted by Gasteiger charge is 2.19. The fourth-order valence-corrected chi connectivity index (χ4v) is 3.20. The van der Waals surface area contributed by atoms with Crippen molar-refractivity contribution in [1.29, 1.82) is 0 Å². The molecule has 0 saturated heterocycles. The molecular weight excluding hydrogens is 290 g/mol. The van der Waals surface area contributed by atoms with E-state index in [0.717, 1.165) is 10.9 Å². The number of hydrogen-bond acceptors (Lipinski definition) is 0. The van der Waals surface area contributed by atoms with E-state index in [-0.39, 0.29) is 0 Å². The van der Waals surface area contributed by atoms with Crippen molar-refractivity contribution in [2.75, 3.05) is 20.6 Å². The van der Waals surface area contributed by atoms with Crippen LogP contribution in [0.4, 0.5) is 0 Å².